The molecule has 1 aliphatic carbocycles. The van der Waals surface area contributed by atoms with E-state index < -0.39 is 0 Å². The van der Waals surface area contributed by atoms with Gasteiger partial charge in [0.15, 0.2) is 0 Å². The Hall–Kier alpha value is -0.830. The maximum Gasteiger partial charge on any atom is 0.122 e. The highest BCUT2D eigenvalue weighted by atomic mass is 15.1. The largest absolute Gasteiger partial charge is 0.331 e. The lowest BCUT2D eigenvalue weighted by Gasteiger charge is -2.30. The van der Waals surface area contributed by atoms with E-state index in [4.69, 9.17) is 5.73 Å². The predicted octanol–water partition coefficient (Wildman–Crippen LogP) is 2.48. The van der Waals surface area contributed by atoms with Crippen molar-refractivity contribution in [1.82, 2.24) is 9.55 Å². The van der Waals surface area contributed by atoms with Gasteiger partial charge in [0.05, 0.1) is 6.54 Å². The number of hydrogen-bond donors (Lipinski definition) is 1. The van der Waals surface area contributed by atoms with Gasteiger partial charge < -0.3 is 10.3 Å². The third-order valence-corrected chi connectivity index (χ3v) is 3.66. The fraction of sp³-hybridized carbons (Fsp3) is 0.750. The summed E-state index contributed by atoms with van der Waals surface area (Å²) in [4.78, 5) is 4.30. The topological polar surface area (TPSA) is 43.8 Å². The maximum atomic E-state index is 5.69. The average Bonchev–Trinajstić information content (AvgIpc) is 2.77. The van der Waals surface area contributed by atoms with Crippen molar-refractivity contribution in [3.05, 3.63) is 18.2 Å². The van der Waals surface area contributed by atoms with Crippen LogP contribution < -0.4 is 5.73 Å². The van der Waals surface area contributed by atoms with E-state index in [9.17, 15) is 0 Å². The van der Waals surface area contributed by atoms with E-state index in [0.717, 1.165) is 11.7 Å². The molecule has 0 spiro atoms. The summed E-state index contributed by atoms with van der Waals surface area (Å²) in [6.07, 6.45) is 10.6. The van der Waals surface area contributed by atoms with E-state index >= 15 is 0 Å². The van der Waals surface area contributed by atoms with E-state index in [1.165, 1.54) is 32.1 Å². The standard InChI is InChI=1S/C12H21N3/c1-2-10-4-3-5-11(8-10)15-7-6-14-12(15)9-13/h6-7,10-11H,2-5,8-9,13H2,1H3. The van der Waals surface area contributed by atoms with Gasteiger partial charge in [-0.05, 0) is 18.8 Å². The summed E-state index contributed by atoms with van der Waals surface area (Å²) in [6, 6.07) is 0.643. The van der Waals surface area contributed by atoms with E-state index in [0.29, 0.717) is 12.6 Å². The number of nitrogens with zero attached hydrogens (tertiary/aromatic N) is 2. The first-order valence-corrected chi connectivity index (χ1v) is 6.07. The van der Waals surface area contributed by atoms with Gasteiger partial charge in [0.2, 0.25) is 0 Å². The number of imidazole rings is 1. The SMILES string of the molecule is CCC1CCCC(n2ccnc2CN)C1. The first kappa shape index (κ1) is 10.7. The van der Waals surface area contributed by atoms with Gasteiger partial charge in [-0.1, -0.05) is 26.2 Å². The summed E-state index contributed by atoms with van der Waals surface area (Å²) in [6.45, 7) is 2.85. The molecular formula is C12H21N3. The normalized spacial score (nSPS) is 26.8. The van der Waals surface area contributed by atoms with E-state index in [1.807, 2.05) is 6.20 Å². The Bertz CT molecular complexity index is 306. The van der Waals surface area contributed by atoms with E-state index in [-0.39, 0.29) is 0 Å². The Morgan fingerprint density at radius 2 is 2.40 bits per heavy atom. The lowest BCUT2D eigenvalue weighted by molar-refractivity contribution is 0.257. The van der Waals surface area contributed by atoms with Gasteiger partial charge >= 0.3 is 0 Å². The first-order valence-electron chi connectivity index (χ1n) is 6.07. The second-order valence-electron chi connectivity index (χ2n) is 4.55. The van der Waals surface area contributed by atoms with E-state index in [1.54, 1.807) is 0 Å². The third kappa shape index (κ3) is 2.23. The zero-order chi connectivity index (χ0) is 10.7. The molecule has 15 heavy (non-hydrogen) atoms. The van der Waals surface area contributed by atoms with Crippen LogP contribution in [0, 0.1) is 5.92 Å². The van der Waals surface area contributed by atoms with Crippen LogP contribution in [0.3, 0.4) is 0 Å². The molecule has 0 radical (unpaired) electrons. The Morgan fingerprint density at radius 3 is 3.13 bits per heavy atom. The highest BCUT2D eigenvalue weighted by Gasteiger charge is 2.22. The van der Waals surface area contributed by atoms with Gasteiger partial charge in [0.1, 0.15) is 5.82 Å². The fourth-order valence-electron chi connectivity index (χ4n) is 2.72. The van der Waals surface area contributed by atoms with Crippen molar-refractivity contribution >= 4 is 0 Å². The van der Waals surface area contributed by atoms with Gasteiger partial charge in [-0.15, -0.1) is 0 Å². The van der Waals surface area contributed by atoms with Crippen molar-refractivity contribution < 1.29 is 0 Å². The minimum Gasteiger partial charge on any atom is -0.331 e. The molecule has 1 aromatic heterocycles. The van der Waals surface area contributed by atoms with Crippen LogP contribution in [-0.4, -0.2) is 9.55 Å². The summed E-state index contributed by atoms with van der Waals surface area (Å²) < 4.78 is 2.29. The number of rotatable bonds is 3. The van der Waals surface area contributed by atoms with Crippen LogP contribution in [0.4, 0.5) is 0 Å². The zero-order valence-electron chi connectivity index (χ0n) is 9.52. The van der Waals surface area contributed by atoms with Crippen LogP contribution >= 0.6 is 0 Å². The van der Waals surface area contributed by atoms with Crippen LogP contribution in [0.15, 0.2) is 12.4 Å². The molecule has 0 saturated heterocycles. The lowest BCUT2D eigenvalue weighted by atomic mass is 9.84. The Morgan fingerprint density at radius 1 is 1.53 bits per heavy atom. The van der Waals surface area contributed by atoms with Gasteiger partial charge in [-0.3, -0.25) is 0 Å². The number of aromatic nitrogens is 2. The van der Waals surface area contributed by atoms with Crippen molar-refractivity contribution in [2.24, 2.45) is 11.7 Å². The molecule has 3 nitrogen and oxygen atoms in total. The van der Waals surface area contributed by atoms with Gasteiger partial charge in [0, 0.05) is 18.4 Å². The van der Waals surface area contributed by atoms with Crippen LogP contribution in [0.2, 0.25) is 0 Å². The molecule has 84 valence electrons. The van der Waals surface area contributed by atoms with Crippen molar-refractivity contribution in [1.29, 1.82) is 0 Å². The molecule has 1 aliphatic rings. The van der Waals surface area contributed by atoms with Gasteiger partial charge in [-0.25, -0.2) is 4.98 Å². The fourth-order valence-corrected chi connectivity index (χ4v) is 2.72. The minimum atomic E-state index is 0.556. The molecule has 3 heteroatoms. The highest BCUT2D eigenvalue weighted by Crippen LogP contribution is 2.34. The molecule has 1 saturated carbocycles. The molecule has 1 heterocycles. The molecule has 0 amide bonds. The summed E-state index contributed by atoms with van der Waals surface area (Å²) in [5.41, 5.74) is 5.69. The summed E-state index contributed by atoms with van der Waals surface area (Å²) >= 11 is 0. The van der Waals surface area contributed by atoms with Crippen LogP contribution in [0.25, 0.3) is 0 Å². The van der Waals surface area contributed by atoms with Crippen molar-refractivity contribution in [3.63, 3.8) is 0 Å². The lowest BCUT2D eigenvalue weighted by Crippen LogP contribution is -2.21. The van der Waals surface area contributed by atoms with E-state index in [2.05, 4.69) is 22.7 Å². The molecular weight excluding hydrogens is 186 g/mol. The summed E-state index contributed by atoms with van der Waals surface area (Å²) in [5.74, 6) is 1.94. The Balaban J connectivity index is 2.09. The minimum absolute atomic E-state index is 0.556. The van der Waals surface area contributed by atoms with Crippen LogP contribution in [0.1, 0.15) is 50.9 Å². The number of hydrogen-bond acceptors (Lipinski definition) is 2. The van der Waals surface area contributed by atoms with Crippen molar-refractivity contribution in [2.75, 3.05) is 0 Å². The molecule has 2 rings (SSSR count). The molecule has 0 aromatic carbocycles. The molecule has 2 unspecified atom stereocenters. The molecule has 2 atom stereocenters. The zero-order valence-corrected chi connectivity index (χ0v) is 9.52. The quantitative estimate of drug-likeness (QED) is 0.827. The molecule has 0 aliphatic heterocycles. The predicted molar refractivity (Wildman–Crippen MR) is 61.4 cm³/mol. The first-order chi connectivity index (χ1) is 7.35. The van der Waals surface area contributed by atoms with Gasteiger partial charge in [0.25, 0.3) is 0 Å². The van der Waals surface area contributed by atoms with Crippen LogP contribution in [-0.2, 0) is 6.54 Å². The second-order valence-corrected chi connectivity index (χ2v) is 4.55. The Kier molecular flexibility index (Phi) is 3.41. The average molecular weight is 207 g/mol. The third-order valence-electron chi connectivity index (χ3n) is 3.66. The van der Waals surface area contributed by atoms with Crippen molar-refractivity contribution in [3.8, 4) is 0 Å². The monoisotopic (exact) mass is 207 g/mol. The Labute approximate surface area is 91.7 Å². The van der Waals surface area contributed by atoms with Gasteiger partial charge in [-0.2, -0.15) is 0 Å². The maximum absolute atomic E-state index is 5.69. The molecule has 2 N–H and O–H groups in total. The van der Waals surface area contributed by atoms with Crippen molar-refractivity contribution in [2.45, 2.75) is 51.6 Å². The summed E-state index contributed by atoms with van der Waals surface area (Å²) in [5, 5.41) is 0. The highest BCUT2D eigenvalue weighted by molar-refractivity contribution is 4.95. The van der Waals surface area contributed by atoms with Crippen LogP contribution in [0.5, 0.6) is 0 Å². The summed E-state index contributed by atoms with van der Waals surface area (Å²) in [7, 11) is 0. The smallest absolute Gasteiger partial charge is 0.122 e. The molecule has 1 fully saturated rings. The molecule has 0 bridgehead atoms. The second kappa shape index (κ2) is 4.79. The molecule has 1 aromatic rings. The number of nitrogens with two attached hydrogens (primary N) is 1.